The molecule has 3 aromatic carbocycles. The number of ether oxygens (including phenoxy) is 2. The van der Waals surface area contributed by atoms with E-state index in [4.69, 9.17) is 13.9 Å². The third kappa shape index (κ3) is 3.98. The average molecular weight is 433 g/mol. The molecule has 0 saturated heterocycles. The van der Waals surface area contributed by atoms with Crippen LogP contribution >= 0.6 is 0 Å². The van der Waals surface area contributed by atoms with Crippen LogP contribution in [0.25, 0.3) is 28.0 Å². The molecule has 4 nitrogen and oxygen atoms in total. The largest absolute Gasteiger partial charge is 0.543 e. The fourth-order valence-corrected chi connectivity index (χ4v) is 4.49. The van der Waals surface area contributed by atoms with Crippen LogP contribution in [0.1, 0.15) is 26.3 Å². The fraction of sp³-hybridized carbons (Fsp3) is 0.269. The normalized spacial score (nSPS) is 13.7. The third-order valence-electron chi connectivity index (χ3n) is 6.21. The van der Waals surface area contributed by atoms with Crippen molar-refractivity contribution >= 4 is 31.5 Å². The van der Waals surface area contributed by atoms with Gasteiger partial charge in [0.1, 0.15) is 12.0 Å². The first-order valence-corrected chi connectivity index (χ1v) is 13.4. The number of allylic oxidation sites excluding steroid dienone is 1. The molecule has 3 aromatic rings. The van der Waals surface area contributed by atoms with E-state index in [2.05, 4.69) is 52.1 Å². The molecule has 4 rings (SSSR count). The predicted octanol–water partition coefficient (Wildman–Crippen LogP) is 6.83. The fourth-order valence-electron chi connectivity index (χ4n) is 3.45. The summed E-state index contributed by atoms with van der Waals surface area (Å²) in [5.74, 6) is 2.24. The Hall–Kier alpha value is -3.05. The molecule has 0 fully saturated rings. The van der Waals surface area contributed by atoms with Crippen LogP contribution in [0.15, 0.2) is 54.6 Å². The first-order chi connectivity index (χ1) is 14.7. The van der Waals surface area contributed by atoms with Crippen LogP contribution in [0.5, 0.6) is 17.2 Å². The lowest BCUT2D eigenvalue weighted by Crippen LogP contribution is -2.44. The minimum atomic E-state index is -2.18. The van der Waals surface area contributed by atoms with Crippen LogP contribution in [0, 0.1) is 0 Å². The van der Waals surface area contributed by atoms with Gasteiger partial charge in [0.25, 0.3) is 8.32 Å². The van der Waals surface area contributed by atoms with E-state index in [9.17, 15) is 4.79 Å². The van der Waals surface area contributed by atoms with Gasteiger partial charge in [-0.15, -0.1) is 0 Å². The van der Waals surface area contributed by atoms with Gasteiger partial charge in [-0.3, -0.25) is 4.79 Å². The lowest BCUT2D eigenvalue weighted by atomic mass is 9.94. The summed E-state index contributed by atoms with van der Waals surface area (Å²) in [6.07, 6.45) is 4.18. The zero-order chi connectivity index (χ0) is 22.2. The van der Waals surface area contributed by atoms with Gasteiger partial charge < -0.3 is 13.9 Å². The number of fused-ring (bicyclic) bond motifs is 2. The maximum atomic E-state index is 11.2. The number of carbonyl (C=O) groups excluding carboxylic acids is 1. The standard InChI is InChI=1S/C26H28O4Si/c1-26(2,3)31(4,5)30-25-20(12-9-13-27)21(18-10-7-6-8-11-18)14-19-15-23-24(16-22(19)25)29-17-28-23/h6-16H,17H2,1-5H3/b12-9-. The lowest BCUT2D eigenvalue weighted by molar-refractivity contribution is -0.104. The molecule has 0 aromatic heterocycles. The molecule has 0 radical (unpaired) electrons. The number of carbonyl (C=O) groups is 1. The smallest absolute Gasteiger partial charge is 0.250 e. The van der Waals surface area contributed by atoms with Gasteiger partial charge in [0.2, 0.25) is 6.79 Å². The molecule has 0 unspecified atom stereocenters. The molecule has 0 N–H and O–H groups in total. The second-order valence-electron chi connectivity index (χ2n) is 9.32. The number of rotatable bonds is 5. The second kappa shape index (κ2) is 7.89. The van der Waals surface area contributed by atoms with E-state index in [1.165, 1.54) is 6.08 Å². The third-order valence-corrected chi connectivity index (χ3v) is 10.5. The van der Waals surface area contributed by atoms with Crippen molar-refractivity contribution in [3.63, 3.8) is 0 Å². The summed E-state index contributed by atoms with van der Waals surface area (Å²) < 4.78 is 18.2. The van der Waals surface area contributed by atoms with Gasteiger partial charge in [0.05, 0.1) is 0 Å². The Morgan fingerprint density at radius 1 is 1.00 bits per heavy atom. The summed E-state index contributed by atoms with van der Waals surface area (Å²) in [5, 5.41) is 1.99. The molecule has 0 bridgehead atoms. The second-order valence-corrected chi connectivity index (χ2v) is 14.0. The summed E-state index contributed by atoms with van der Waals surface area (Å²) >= 11 is 0. The van der Waals surface area contributed by atoms with E-state index in [0.29, 0.717) is 5.75 Å². The van der Waals surface area contributed by atoms with Gasteiger partial charge >= 0.3 is 0 Å². The molecule has 31 heavy (non-hydrogen) atoms. The van der Waals surface area contributed by atoms with Crippen molar-refractivity contribution in [2.24, 2.45) is 0 Å². The summed E-state index contributed by atoms with van der Waals surface area (Å²) in [6.45, 7) is 11.3. The van der Waals surface area contributed by atoms with Crippen molar-refractivity contribution in [2.75, 3.05) is 6.79 Å². The van der Waals surface area contributed by atoms with E-state index < -0.39 is 8.32 Å². The molecular weight excluding hydrogens is 404 g/mol. The van der Waals surface area contributed by atoms with Crippen LogP contribution < -0.4 is 13.9 Å². The Morgan fingerprint density at radius 3 is 2.32 bits per heavy atom. The highest BCUT2D eigenvalue weighted by Crippen LogP contribution is 2.47. The molecule has 1 heterocycles. The van der Waals surface area contributed by atoms with E-state index in [1.807, 2.05) is 36.4 Å². The molecule has 1 aliphatic heterocycles. The molecule has 0 amide bonds. The van der Waals surface area contributed by atoms with Crippen molar-refractivity contribution < 1.29 is 18.7 Å². The zero-order valence-corrected chi connectivity index (χ0v) is 19.7. The molecule has 0 atom stereocenters. The van der Waals surface area contributed by atoms with Crippen molar-refractivity contribution in [3.8, 4) is 28.4 Å². The molecule has 0 saturated carbocycles. The van der Waals surface area contributed by atoms with Crippen molar-refractivity contribution in [1.29, 1.82) is 0 Å². The van der Waals surface area contributed by atoms with Gasteiger partial charge in [-0.1, -0.05) is 51.1 Å². The summed E-state index contributed by atoms with van der Waals surface area (Å²) in [7, 11) is -2.18. The molecular formula is C26H28O4Si. The van der Waals surface area contributed by atoms with Gasteiger partial charge in [-0.25, -0.2) is 0 Å². The zero-order valence-electron chi connectivity index (χ0n) is 18.7. The van der Waals surface area contributed by atoms with Crippen molar-refractivity contribution in [2.45, 2.75) is 38.9 Å². The summed E-state index contributed by atoms with van der Waals surface area (Å²) in [5.41, 5.74) is 2.97. The Kier molecular flexibility index (Phi) is 5.39. The minimum Gasteiger partial charge on any atom is -0.543 e. The number of hydrogen-bond acceptors (Lipinski definition) is 4. The number of aldehydes is 1. The molecule has 1 aliphatic rings. The van der Waals surface area contributed by atoms with Gasteiger partial charge in [0.15, 0.2) is 11.5 Å². The first kappa shape index (κ1) is 21.2. The molecule has 160 valence electrons. The summed E-state index contributed by atoms with van der Waals surface area (Å²) in [6, 6.07) is 16.3. The number of hydrogen-bond donors (Lipinski definition) is 0. The van der Waals surface area contributed by atoms with Crippen LogP contribution in [0.3, 0.4) is 0 Å². The van der Waals surface area contributed by atoms with Crippen molar-refractivity contribution in [3.05, 3.63) is 60.2 Å². The lowest BCUT2D eigenvalue weighted by Gasteiger charge is -2.37. The Morgan fingerprint density at radius 2 is 1.68 bits per heavy atom. The van der Waals surface area contributed by atoms with Gasteiger partial charge in [-0.2, -0.15) is 0 Å². The maximum absolute atomic E-state index is 11.2. The van der Waals surface area contributed by atoms with Crippen LogP contribution in [-0.2, 0) is 4.79 Å². The maximum Gasteiger partial charge on any atom is 0.250 e. The van der Waals surface area contributed by atoms with Gasteiger partial charge in [-0.05, 0) is 65.0 Å². The number of benzene rings is 3. The molecule has 0 aliphatic carbocycles. The Bertz CT molecular complexity index is 1160. The van der Waals surface area contributed by atoms with Crippen molar-refractivity contribution in [1.82, 2.24) is 0 Å². The van der Waals surface area contributed by atoms with E-state index in [1.54, 1.807) is 0 Å². The highest BCUT2D eigenvalue weighted by molar-refractivity contribution is 6.74. The molecule has 0 spiro atoms. The SMILES string of the molecule is CC(C)(C)[Si](C)(C)Oc1c(/C=C\C=O)c(-c2ccccc2)cc2cc3c(cc12)OCO3. The average Bonchev–Trinajstić information content (AvgIpc) is 3.18. The Balaban J connectivity index is 2.07. The predicted molar refractivity (Wildman–Crippen MR) is 128 cm³/mol. The quantitative estimate of drug-likeness (QED) is 0.252. The molecule has 5 heteroatoms. The monoisotopic (exact) mass is 432 g/mol. The van der Waals surface area contributed by atoms with Crippen LogP contribution in [0.2, 0.25) is 18.1 Å². The van der Waals surface area contributed by atoms with Crippen LogP contribution in [-0.4, -0.2) is 21.4 Å². The summed E-state index contributed by atoms with van der Waals surface area (Å²) in [4.78, 5) is 11.2. The van der Waals surface area contributed by atoms with E-state index in [-0.39, 0.29) is 11.8 Å². The van der Waals surface area contributed by atoms with E-state index in [0.717, 1.165) is 45.2 Å². The van der Waals surface area contributed by atoms with Crippen LogP contribution in [0.4, 0.5) is 0 Å². The van der Waals surface area contributed by atoms with E-state index >= 15 is 0 Å². The Labute approximate surface area is 184 Å². The highest BCUT2D eigenvalue weighted by atomic mass is 28.4. The van der Waals surface area contributed by atoms with Gasteiger partial charge in [0, 0.05) is 10.9 Å². The highest BCUT2D eigenvalue weighted by Gasteiger charge is 2.40. The first-order valence-electron chi connectivity index (χ1n) is 10.5. The minimum absolute atomic E-state index is 0.0179. The topological polar surface area (TPSA) is 44.8 Å².